The highest BCUT2D eigenvalue weighted by Crippen LogP contribution is 2.29. The van der Waals surface area contributed by atoms with Crippen LogP contribution in [0, 0.1) is 28.6 Å². The minimum atomic E-state index is -0.118. The van der Waals surface area contributed by atoms with Crippen molar-refractivity contribution in [1.29, 1.82) is 10.5 Å². The molecule has 1 saturated heterocycles. The van der Waals surface area contributed by atoms with E-state index in [1.165, 1.54) is 0 Å². The Bertz CT molecular complexity index is 594. The molecular weight excluding hydrogens is 321 g/mol. The van der Waals surface area contributed by atoms with Gasteiger partial charge in [0.1, 0.15) is 0 Å². The van der Waals surface area contributed by atoms with Crippen molar-refractivity contribution < 1.29 is 4.74 Å². The van der Waals surface area contributed by atoms with Gasteiger partial charge in [0.05, 0.1) is 40.8 Å². The van der Waals surface area contributed by atoms with Gasteiger partial charge < -0.3 is 4.74 Å². The molecule has 6 heteroatoms. The van der Waals surface area contributed by atoms with Crippen LogP contribution in [0.5, 0.6) is 0 Å². The Morgan fingerprint density at radius 2 is 2.14 bits per heavy atom. The van der Waals surface area contributed by atoms with Crippen LogP contribution in [0.2, 0.25) is 10.0 Å². The second kappa shape index (κ2) is 8.36. The molecule has 1 aliphatic rings. The van der Waals surface area contributed by atoms with Crippen molar-refractivity contribution in [3.8, 4) is 12.1 Å². The number of nitrogens with zero attached hydrogens (tertiary/aromatic N) is 3. The van der Waals surface area contributed by atoms with E-state index in [-0.39, 0.29) is 12.0 Å². The van der Waals surface area contributed by atoms with Gasteiger partial charge >= 0.3 is 0 Å². The molecule has 1 fully saturated rings. The van der Waals surface area contributed by atoms with E-state index >= 15 is 0 Å². The molecule has 1 aliphatic heterocycles. The molecule has 2 atom stereocenters. The molecule has 0 amide bonds. The minimum Gasteiger partial charge on any atom is -0.371 e. The highest BCUT2D eigenvalue weighted by molar-refractivity contribution is 6.42. The van der Waals surface area contributed by atoms with Gasteiger partial charge in [-0.15, -0.1) is 0 Å². The summed E-state index contributed by atoms with van der Waals surface area (Å²) in [7, 11) is 0. The molecule has 0 aliphatic carbocycles. The summed E-state index contributed by atoms with van der Waals surface area (Å²) in [6.45, 7) is 2.78. The van der Waals surface area contributed by atoms with Gasteiger partial charge in [0.25, 0.3) is 0 Å². The van der Waals surface area contributed by atoms with Crippen LogP contribution >= 0.6 is 23.2 Å². The normalized spacial score (nSPS) is 20.1. The van der Waals surface area contributed by atoms with E-state index in [0.29, 0.717) is 42.6 Å². The number of rotatable bonds is 5. The Hall–Kier alpha value is -1.30. The number of hydrogen-bond donors (Lipinski definition) is 0. The smallest absolute Gasteiger partial charge is 0.0952 e. The van der Waals surface area contributed by atoms with Crippen LogP contribution in [-0.4, -0.2) is 31.1 Å². The third-order valence-corrected chi connectivity index (χ3v) is 4.47. The fourth-order valence-corrected chi connectivity index (χ4v) is 2.84. The zero-order valence-corrected chi connectivity index (χ0v) is 13.6. The quantitative estimate of drug-likeness (QED) is 0.819. The van der Waals surface area contributed by atoms with Crippen molar-refractivity contribution in [2.24, 2.45) is 5.92 Å². The summed E-state index contributed by atoms with van der Waals surface area (Å²) in [5.74, 6) is -0.118. The Morgan fingerprint density at radius 1 is 1.32 bits per heavy atom. The first-order valence-electron chi connectivity index (χ1n) is 7.19. The predicted molar refractivity (Wildman–Crippen MR) is 85.5 cm³/mol. The van der Waals surface area contributed by atoms with Crippen LogP contribution in [0.4, 0.5) is 0 Å². The number of ether oxygens (including phenoxy) is 1. The zero-order valence-electron chi connectivity index (χ0n) is 12.1. The molecular formula is C16H17Cl2N3O. The third kappa shape index (κ3) is 4.60. The van der Waals surface area contributed by atoms with Crippen LogP contribution in [0.1, 0.15) is 24.5 Å². The monoisotopic (exact) mass is 337 g/mol. The van der Waals surface area contributed by atoms with Crippen molar-refractivity contribution in [2.45, 2.75) is 18.9 Å². The molecule has 4 nitrogen and oxygen atoms in total. The third-order valence-electron chi connectivity index (χ3n) is 3.73. The van der Waals surface area contributed by atoms with Gasteiger partial charge in [0, 0.05) is 26.1 Å². The number of halogens is 2. The lowest BCUT2D eigenvalue weighted by atomic mass is 10.0. The number of nitriles is 2. The van der Waals surface area contributed by atoms with E-state index in [2.05, 4.69) is 17.0 Å². The van der Waals surface area contributed by atoms with Crippen molar-refractivity contribution >= 4 is 23.2 Å². The summed E-state index contributed by atoms with van der Waals surface area (Å²) in [4.78, 5) is 2.21. The van der Waals surface area contributed by atoms with Crippen LogP contribution < -0.4 is 0 Å². The predicted octanol–water partition coefficient (Wildman–Crippen LogP) is 3.81. The first kappa shape index (κ1) is 17.1. The average Bonchev–Trinajstić information content (AvgIpc) is 2.54. The van der Waals surface area contributed by atoms with E-state index in [1.54, 1.807) is 6.07 Å². The lowest BCUT2D eigenvalue weighted by Crippen LogP contribution is -2.40. The van der Waals surface area contributed by atoms with Gasteiger partial charge in [0.2, 0.25) is 0 Å². The fraction of sp³-hybridized carbons (Fsp3) is 0.500. The molecule has 1 heterocycles. The Kier molecular flexibility index (Phi) is 6.49. The second-order valence-electron chi connectivity index (χ2n) is 5.32. The zero-order chi connectivity index (χ0) is 15.9. The molecule has 1 aromatic rings. The fourth-order valence-electron chi connectivity index (χ4n) is 2.53. The van der Waals surface area contributed by atoms with Gasteiger partial charge in [0.15, 0.2) is 0 Å². The summed E-state index contributed by atoms with van der Waals surface area (Å²) < 4.78 is 5.81. The van der Waals surface area contributed by atoms with Crippen LogP contribution in [0.15, 0.2) is 18.2 Å². The summed E-state index contributed by atoms with van der Waals surface area (Å²) in [5, 5.41) is 18.9. The van der Waals surface area contributed by atoms with Crippen molar-refractivity contribution in [3.63, 3.8) is 0 Å². The van der Waals surface area contributed by atoms with E-state index in [1.807, 2.05) is 12.1 Å². The molecule has 0 radical (unpaired) electrons. The number of hydrogen-bond acceptors (Lipinski definition) is 4. The van der Waals surface area contributed by atoms with Gasteiger partial charge in [-0.25, -0.2) is 0 Å². The maximum absolute atomic E-state index is 9.18. The number of morpholine rings is 1. The van der Waals surface area contributed by atoms with Crippen LogP contribution in [0.3, 0.4) is 0 Å². The molecule has 22 heavy (non-hydrogen) atoms. The maximum Gasteiger partial charge on any atom is 0.0952 e. The molecule has 0 N–H and O–H groups in total. The van der Waals surface area contributed by atoms with Crippen molar-refractivity contribution in [2.75, 3.05) is 26.2 Å². The van der Waals surface area contributed by atoms with E-state index in [4.69, 9.17) is 33.2 Å². The van der Waals surface area contributed by atoms with E-state index in [0.717, 1.165) is 12.1 Å². The Morgan fingerprint density at radius 3 is 2.82 bits per heavy atom. The van der Waals surface area contributed by atoms with E-state index < -0.39 is 0 Å². The highest BCUT2D eigenvalue weighted by Gasteiger charge is 2.24. The SMILES string of the molecule is N#CCC[C@@H](C#N)CN1CCO[C@H](c2ccc(Cl)c(Cl)c2)C1. The van der Waals surface area contributed by atoms with E-state index in [9.17, 15) is 5.26 Å². The molecule has 0 spiro atoms. The largest absolute Gasteiger partial charge is 0.371 e. The van der Waals surface area contributed by atoms with Gasteiger partial charge in [-0.1, -0.05) is 29.3 Å². The van der Waals surface area contributed by atoms with Gasteiger partial charge in [-0.2, -0.15) is 10.5 Å². The topological polar surface area (TPSA) is 60.0 Å². The first-order valence-corrected chi connectivity index (χ1v) is 7.95. The standard InChI is InChI=1S/C16H17Cl2N3O/c17-14-4-3-13(8-15(14)18)16-11-21(6-7-22-16)10-12(9-20)2-1-5-19/h3-4,8,12,16H,1-2,6-7,10-11H2/t12-,16-/m0/s1. The Labute approximate surface area is 140 Å². The molecule has 116 valence electrons. The molecule has 0 bridgehead atoms. The Balaban J connectivity index is 1.98. The van der Waals surface area contributed by atoms with Gasteiger partial charge in [-0.3, -0.25) is 4.90 Å². The first-order chi connectivity index (χ1) is 10.6. The lowest BCUT2D eigenvalue weighted by Gasteiger charge is -2.34. The second-order valence-corrected chi connectivity index (χ2v) is 6.13. The highest BCUT2D eigenvalue weighted by atomic mass is 35.5. The summed E-state index contributed by atoms with van der Waals surface area (Å²) >= 11 is 12.0. The van der Waals surface area contributed by atoms with Crippen molar-refractivity contribution in [1.82, 2.24) is 4.90 Å². The summed E-state index contributed by atoms with van der Waals surface area (Å²) in [6, 6.07) is 9.89. The molecule has 2 rings (SSSR count). The molecule has 1 aromatic carbocycles. The number of benzene rings is 1. The minimum absolute atomic E-state index is 0.0705. The molecule has 0 unspecified atom stereocenters. The van der Waals surface area contributed by atoms with Crippen LogP contribution in [-0.2, 0) is 4.74 Å². The average molecular weight is 338 g/mol. The summed E-state index contributed by atoms with van der Waals surface area (Å²) in [6.07, 6.45) is 0.958. The summed E-state index contributed by atoms with van der Waals surface area (Å²) in [5.41, 5.74) is 0.990. The van der Waals surface area contributed by atoms with Crippen molar-refractivity contribution in [3.05, 3.63) is 33.8 Å². The molecule has 0 aromatic heterocycles. The van der Waals surface area contributed by atoms with Gasteiger partial charge in [-0.05, 0) is 24.1 Å². The maximum atomic E-state index is 9.18. The molecule has 0 saturated carbocycles. The van der Waals surface area contributed by atoms with Crippen LogP contribution in [0.25, 0.3) is 0 Å². The lowest BCUT2D eigenvalue weighted by molar-refractivity contribution is -0.0328.